The summed E-state index contributed by atoms with van der Waals surface area (Å²) in [5.41, 5.74) is 4.43. The van der Waals surface area contributed by atoms with Crippen LogP contribution in [0.25, 0.3) is 16.7 Å². The van der Waals surface area contributed by atoms with E-state index in [4.69, 9.17) is 0 Å². The third-order valence-corrected chi connectivity index (χ3v) is 7.94. The summed E-state index contributed by atoms with van der Waals surface area (Å²) in [6.45, 7) is 3.20. The predicted molar refractivity (Wildman–Crippen MR) is 127 cm³/mol. The quantitative estimate of drug-likeness (QED) is 0.467. The van der Waals surface area contributed by atoms with Crippen molar-refractivity contribution in [3.8, 4) is 5.69 Å². The monoisotopic (exact) mass is 460 g/mol. The molecule has 1 fully saturated rings. The van der Waals surface area contributed by atoms with Gasteiger partial charge in [0.15, 0.2) is 0 Å². The van der Waals surface area contributed by atoms with Crippen LogP contribution in [0, 0.1) is 6.92 Å². The number of amides is 1. The lowest BCUT2D eigenvalue weighted by Gasteiger charge is -2.34. The molecule has 4 aromatic rings. The van der Waals surface area contributed by atoms with Crippen LogP contribution in [0.5, 0.6) is 0 Å². The Morgan fingerprint density at radius 3 is 2.21 bits per heavy atom. The van der Waals surface area contributed by atoms with E-state index in [2.05, 4.69) is 4.98 Å². The molecule has 1 aliphatic heterocycles. The van der Waals surface area contributed by atoms with E-state index in [0.717, 1.165) is 22.3 Å². The zero-order valence-electron chi connectivity index (χ0n) is 18.3. The number of para-hydroxylation sites is 2. The zero-order valence-corrected chi connectivity index (χ0v) is 19.1. The fraction of sp³-hybridized carbons (Fsp3) is 0.200. The highest BCUT2D eigenvalue weighted by atomic mass is 32.2. The lowest BCUT2D eigenvalue weighted by molar-refractivity contribution is 0.0698. The third-order valence-electron chi connectivity index (χ3n) is 6.03. The number of carbonyl (C=O) groups excluding carboxylic acids is 1. The SMILES string of the molecule is Cc1ccc(S(=O)(=O)N2CCN(C(=O)c3ccc(-n4cnc5ccccc54)cc3)CC2)cc1. The van der Waals surface area contributed by atoms with Crippen LogP contribution < -0.4 is 0 Å². The number of imidazole rings is 1. The number of fused-ring (bicyclic) bond motifs is 1. The maximum absolute atomic E-state index is 13.0. The Morgan fingerprint density at radius 1 is 0.848 bits per heavy atom. The van der Waals surface area contributed by atoms with Crippen molar-refractivity contribution in [3.63, 3.8) is 0 Å². The summed E-state index contributed by atoms with van der Waals surface area (Å²) in [5.74, 6) is -0.0931. The molecule has 0 N–H and O–H groups in total. The summed E-state index contributed by atoms with van der Waals surface area (Å²) < 4.78 is 29.2. The Bertz CT molecular complexity index is 1400. The number of carbonyl (C=O) groups is 1. The summed E-state index contributed by atoms with van der Waals surface area (Å²) in [6.07, 6.45) is 1.77. The van der Waals surface area contributed by atoms with Crippen molar-refractivity contribution in [1.29, 1.82) is 0 Å². The molecular formula is C25H24N4O3S. The highest BCUT2D eigenvalue weighted by Crippen LogP contribution is 2.21. The number of benzene rings is 3. The molecule has 0 saturated carbocycles. The maximum atomic E-state index is 13.0. The minimum absolute atomic E-state index is 0.0931. The minimum Gasteiger partial charge on any atom is -0.336 e. The van der Waals surface area contributed by atoms with Gasteiger partial charge in [-0.15, -0.1) is 0 Å². The lowest BCUT2D eigenvalue weighted by atomic mass is 10.1. The average Bonchev–Trinajstić information content (AvgIpc) is 3.28. The molecule has 3 aromatic carbocycles. The number of aryl methyl sites for hydroxylation is 1. The van der Waals surface area contributed by atoms with Crippen LogP contribution in [0.1, 0.15) is 15.9 Å². The fourth-order valence-corrected chi connectivity index (χ4v) is 5.53. The molecule has 1 amide bonds. The van der Waals surface area contributed by atoms with Crippen LogP contribution in [-0.2, 0) is 10.0 Å². The number of rotatable bonds is 4. The van der Waals surface area contributed by atoms with E-state index in [-0.39, 0.29) is 23.9 Å². The normalized spacial score (nSPS) is 15.1. The standard InChI is InChI=1S/C25H24N4O3S/c1-19-6-12-22(13-7-19)33(31,32)28-16-14-27(15-17-28)25(30)20-8-10-21(11-9-20)29-18-26-23-4-2-3-5-24(23)29/h2-13,18H,14-17H2,1H3. The number of nitrogens with zero attached hydrogens (tertiary/aromatic N) is 4. The predicted octanol–water partition coefficient (Wildman–Crippen LogP) is 3.48. The highest BCUT2D eigenvalue weighted by Gasteiger charge is 2.30. The van der Waals surface area contributed by atoms with Crippen LogP contribution in [-0.4, -0.2) is 59.3 Å². The molecule has 5 rings (SSSR count). The summed E-state index contributed by atoms with van der Waals surface area (Å²) in [7, 11) is -3.55. The number of sulfonamides is 1. The minimum atomic E-state index is -3.55. The second-order valence-corrected chi connectivity index (χ2v) is 10.1. The molecule has 33 heavy (non-hydrogen) atoms. The van der Waals surface area contributed by atoms with Gasteiger partial charge in [0.2, 0.25) is 10.0 Å². The zero-order chi connectivity index (χ0) is 23.0. The lowest BCUT2D eigenvalue weighted by Crippen LogP contribution is -2.50. The van der Waals surface area contributed by atoms with Crippen LogP contribution >= 0.6 is 0 Å². The largest absolute Gasteiger partial charge is 0.336 e. The molecular weight excluding hydrogens is 436 g/mol. The Kier molecular flexibility index (Phi) is 5.47. The van der Waals surface area contributed by atoms with Gasteiger partial charge in [0.25, 0.3) is 5.91 Å². The van der Waals surface area contributed by atoms with Gasteiger partial charge >= 0.3 is 0 Å². The van der Waals surface area contributed by atoms with Gasteiger partial charge in [0, 0.05) is 37.4 Å². The number of hydrogen-bond acceptors (Lipinski definition) is 4. The van der Waals surface area contributed by atoms with E-state index in [9.17, 15) is 13.2 Å². The number of piperazine rings is 1. The first-order valence-corrected chi connectivity index (χ1v) is 12.3. The Hall–Kier alpha value is -3.49. The van der Waals surface area contributed by atoms with Crippen molar-refractivity contribution in [2.24, 2.45) is 0 Å². The van der Waals surface area contributed by atoms with E-state index in [1.807, 2.05) is 60.0 Å². The molecule has 0 aliphatic carbocycles. The first-order chi connectivity index (χ1) is 15.9. The highest BCUT2D eigenvalue weighted by molar-refractivity contribution is 7.89. The Morgan fingerprint density at radius 2 is 1.52 bits per heavy atom. The molecule has 7 nitrogen and oxygen atoms in total. The van der Waals surface area contributed by atoms with E-state index in [1.165, 1.54) is 4.31 Å². The van der Waals surface area contributed by atoms with Crippen LogP contribution in [0.2, 0.25) is 0 Å². The van der Waals surface area contributed by atoms with E-state index in [0.29, 0.717) is 18.7 Å². The van der Waals surface area contributed by atoms with E-state index < -0.39 is 10.0 Å². The summed E-state index contributed by atoms with van der Waals surface area (Å²) in [4.78, 5) is 19.4. The molecule has 0 radical (unpaired) electrons. The Labute approximate surface area is 192 Å². The third kappa shape index (κ3) is 4.03. The molecule has 2 heterocycles. The van der Waals surface area contributed by atoms with Gasteiger partial charge in [-0.2, -0.15) is 4.31 Å². The number of hydrogen-bond donors (Lipinski definition) is 0. The summed E-state index contributed by atoms with van der Waals surface area (Å²) in [6, 6.07) is 22.2. The van der Waals surface area contributed by atoms with Crippen molar-refractivity contribution in [1.82, 2.24) is 18.8 Å². The molecule has 1 aromatic heterocycles. The van der Waals surface area contributed by atoms with Crippen molar-refractivity contribution >= 4 is 27.0 Å². The van der Waals surface area contributed by atoms with E-state index in [1.54, 1.807) is 35.5 Å². The van der Waals surface area contributed by atoms with Gasteiger partial charge in [-0.25, -0.2) is 13.4 Å². The van der Waals surface area contributed by atoms with Crippen molar-refractivity contribution < 1.29 is 13.2 Å². The van der Waals surface area contributed by atoms with Gasteiger partial charge in [-0.3, -0.25) is 9.36 Å². The number of aromatic nitrogens is 2. The van der Waals surface area contributed by atoms with Gasteiger partial charge in [-0.1, -0.05) is 29.8 Å². The van der Waals surface area contributed by atoms with Crippen molar-refractivity contribution in [2.75, 3.05) is 26.2 Å². The molecule has 0 spiro atoms. The molecule has 0 unspecified atom stereocenters. The molecule has 0 bridgehead atoms. The van der Waals surface area contributed by atoms with Gasteiger partial charge in [-0.05, 0) is 55.5 Å². The summed E-state index contributed by atoms with van der Waals surface area (Å²) in [5, 5.41) is 0. The molecule has 0 atom stereocenters. The smallest absolute Gasteiger partial charge is 0.253 e. The van der Waals surface area contributed by atoms with Crippen molar-refractivity contribution in [3.05, 3.63) is 90.3 Å². The molecule has 1 saturated heterocycles. The first-order valence-electron chi connectivity index (χ1n) is 10.8. The fourth-order valence-electron chi connectivity index (χ4n) is 4.10. The van der Waals surface area contributed by atoms with Gasteiger partial charge < -0.3 is 4.90 Å². The average molecular weight is 461 g/mol. The van der Waals surface area contributed by atoms with E-state index >= 15 is 0 Å². The molecule has 1 aliphatic rings. The second kappa shape index (κ2) is 8.46. The van der Waals surface area contributed by atoms with Crippen LogP contribution in [0.15, 0.2) is 84.0 Å². The van der Waals surface area contributed by atoms with Crippen LogP contribution in [0.3, 0.4) is 0 Å². The van der Waals surface area contributed by atoms with Crippen LogP contribution in [0.4, 0.5) is 0 Å². The maximum Gasteiger partial charge on any atom is 0.253 e. The summed E-state index contributed by atoms with van der Waals surface area (Å²) >= 11 is 0. The molecule has 168 valence electrons. The first kappa shape index (κ1) is 21.4. The van der Waals surface area contributed by atoms with Gasteiger partial charge in [0.05, 0.1) is 15.9 Å². The van der Waals surface area contributed by atoms with Gasteiger partial charge in [0.1, 0.15) is 6.33 Å². The second-order valence-electron chi connectivity index (χ2n) is 8.16. The Balaban J connectivity index is 1.27. The topological polar surface area (TPSA) is 75.5 Å². The van der Waals surface area contributed by atoms with Crippen molar-refractivity contribution in [2.45, 2.75) is 11.8 Å². The molecule has 8 heteroatoms.